The van der Waals surface area contributed by atoms with Crippen molar-refractivity contribution in [3.63, 3.8) is 0 Å². The van der Waals surface area contributed by atoms with Crippen LogP contribution in [0.2, 0.25) is 0 Å². The van der Waals surface area contributed by atoms with Gasteiger partial charge in [-0.15, -0.1) is 0 Å². The molecule has 2 nitrogen and oxygen atoms in total. The van der Waals surface area contributed by atoms with Crippen molar-refractivity contribution in [2.45, 2.75) is 45.6 Å². The van der Waals surface area contributed by atoms with Crippen LogP contribution in [0.3, 0.4) is 0 Å². The summed E-state index contributed by atoms with van der Waals surface area (Å²) in [5.74, 6) is 0.927. The largest absolute Gasteiger partial charge is 0.370 e. The van der Waals surface area contributed by atoms with Crippen LogP contribution in [0.4, 0.5) is 0 Å². The van der Waals surface area contributed by atoms with Gasteiger partial charge in [0.25, 0.3) is 0 Å². The van der Waals surface area contributed by atoms with E-state index in [1.165, 1.54) is 0 Å². The van der Waals surface area contributed by atoms with E-state index in [0.29, 0.717) is 18.1 Å². The van der Waals surface area contributed by atoms with Gasteiger partial charge in [-0.05, 0) is 25.2 Å². The second kappa shape index (κ2) is 4.61. The SMILES string of the molecule is CC(C)CCC(=O)C1CCCO1. The number of carbonyl (C=O) groups excluding carboxylic acids is 1. The molecule has 12 heavy (non-hydrogen) atoms. The number of Topliss-reactive ketones (excluding diaryl/α,β-unsaturated/α-hetero) is 1. The zero-order valence-corrected chi connectivity index (χ0v) is 8.01. The zero-order chi connectivity index (χ0) is 8.97. The number of ether oxygens (including phenoxy) is 1. The molecule has 2 heteroatoms. The molecule has 1 atom stereocenters. The van der Waals surface area contributed by atoms with Crippen LogP contribution in [0.5, 0.6) is 0 Å². The standard InChI is InChI=1S/C10H18O2/c1-8(2)5-6-9(11)10-4-3-7-12-10/h8,10H,3-7H2,1-2H3. The first-order chi connectivity index (χ1) is 5.70. The Hall–Kier alpha value is -0.370. The van der Waals surface area contributed by atoms with Crippen LogP contribution in [-0.4, -0.2) is 18.5 Å². The minimum Gasteiger partial charge on any atom is -0.370 e. The molecule has 1 fully saturated rings. The Kier molecular flexibility index (Phi) is 3.73. The Morgan fingerprint density at radius 2 is 2.33 bits per heavy atom. The quantitative estimate of drug-likeness (QED) is 0.646. The third-order valence-electron chi connectivity index (χ3n) is 2.26. The normalized spacial score (nSPS) is 23.4. The molecule has 0 radical (unpaired) electrons. The van der Waals surface area contributed by atoms with Gasteiger partial charge < -0.3 is 4.74 Å². The highest BCUT2D eigenvalue weighted by Crippen LogP contribution is 2.16. The van der Waals surface area contributed by atoms with Gasteiger partial charge in [0, 0.05) is 13.0 Å². The summed E-state index contributed by atoms with van der Waals surface area (Å²) < 4.78 is 5.30. The van der Waals surface area contributed by atoms with E-state index in [-0.39, 0.29) is 6.10 Å². The summed E-state index contributed by atoms with van der Waals surface area (Å²) in [6.07, 6.45) is 3.62. The monoisotopic (exact) mass is 170 g/mol. The molecule has 0 amide bonds. The summed E-state index contributed by atoms with van der Waals surface area (Å²) in [6.45, 7) is 5.06. The lowest BCUT2D eigenvalue weighted by Crippen LogP contribution is -2.19. The zero-order valence-electron chi connectivity index (χ0n) is 8.01. The summed E-state index contributed by atoms with van der Waals surface area (Å²) in [5.41, 5.74) is 0. The molecular formula is C10H18O2. The number of carbonyl (C=O) groups is 1. The first-order valence-electron chi connectivity index (χ1n) is 4.84. The van der Waals surface area contributed by atoms with E-state index in [2.05, 4.69) is 13.8 Å². The van der Waals surface area contributed by atoms with Crippen LogP contribution >= 0.6 is 0 Å². The fraction of sp³-hybridized carbons (Fsp3) is 0.900. The van der Waals surface area contributed by atoms with Crippen molar-refractivity contribution >= 4 is 5.78 Å². The van der Waals surface area contributed by atoms with Crippen molar-refractivity contribution in [2.75, 3.05) is 6.61 Å². The maximum Gasteiger partial charge on any atom is 0.161 e. The average Bonchev–Trinajstić information content (AvgIpc) is 2.51. The molecule has 1 heterocycles. The summed E-state index contributed by atoms with van der Waals surface area (Å²) in [4.78, 5) is 11.4. The molecule has 0 aromatic carbocycles. The van der Waals surface area contributed by atoms with Crippen LogP contribution < -0.4 is 0 Å². The van der Waals surface area contributed by atoms with E-state index >= 15 is 0 Å². The van der Waals surface area contributed by atoms with E-state index in [4.69, 9.17) is 4.74 Å². The maximum absolute atomic E-state index is 11.4. The Morgan fingerprint density at radius 1 is 1.58 bits per heavy atom. The summed E-state index contributed by atoms with van der Waals surface area (Å²) in [7, 11) is 0. The predicted octanol–water partition coefficient (Wildman–Crippen LogP) is 2.17. The third kappa shape index (κ3) is 2.94. The second-order valence-corrected chi connectivity index (χ2v) is 3.90. The molecule has 0 spiro atoms. The molecule has 0 aromatic heterocycles. The smallest absolute Gasteiger partial charge is 0.161 e. The lowest BCUT2D eigenvalue weighted by atomic mass is 10.0. The summed E-state index contributed by atoms with van der Waals surface area (Å²) in [5, 5.41) is 0. The van der Waals surface area contributed by atoms with Gasteiger partial charge in [0.1, 0.15) is 6.10 Å². The van der Waals surface area contributed by atoms with Gasteiger partial charge >= 0.3 is 0 Å². The lowest BCUT2D eigenvalue weighted by Gasteiger charge is -2.08. The van der Waals surface area contributed by atoms with Crippen LogP contribution in [0.1, 0.15) is 39.5 Å². The van der Waals surface area contributed by atoms with Gasteiger partial charge in [-0.2, -0.15) is 0 Å². The van der Waals surface area contributed by atoms with Crippen molar-refractivity contribution < 1.29 is 9.53 Å². The highest BCUT2D eigenvalue weighted by Gasteiger charge is 2.22. The predicted molar refractivity (Wildman–Crippen MR) is 48.1 cm³/mol. The van der Waals surface area contributed by atoms with Gasteiger partial charge in [0.2, 0.25) is 0 Å². The molecule has 1 unspecified atom stereocenters. The first-order valence-corrected chi connectivity index (χ1v) is 4.84. The Morgan fingerprint density at radius 3 is 2.83 bits per heavy atom. The molecule has 0 aliphatic carbocycles. The summed E-state index contributed by atoms with van der Waals surface area (Å²) in [6, 6.07) is 0. The lowest BCUT2D eigenvalue weighted by molar-refractivity contribution is -0.128. The molecule has 70 valence electrons. The van der Waals surface area contributed by atoms with Crippen molar-refractivity contribution in [1.82, 2.24) is 0 Å². The molecule has 0 bridgehead atoms. The fourth-order valence-corrected chi connectivity index (χ4v) is 1.42. The average molecular weight is 170 g/mol. The first kappa shape index (κ1) is 9.72. The molecule has 1 saturated heterocycles. The molecule has 1 aliphatic heterocycles. The third-order valence-corrected chi connectivity index (χ3v) is 2.26. The molecule has 0 aromatic rings. The van der Waals surface area contributed by atoms with Gasteiger partial charge in [0.05, 0.1) is 0 Å². The topological polar surface area (TPSA) is 26.3 Å². The summed E-state index contributed by atoms with van der Waals surface area (Å²) >= 11 is 0. The number of ketones is 1. The molecular weight excluding hydrogens is 152 g/mol. The van der Waals surface area contributed by atoms with Gasteiger partial charge in [-0.3, -0.25) is 4.79 Å². The van der Waals surface area contributed by atoms with E-state index in [1.807, 2.05) is 0 Å². The van der Waals surface area contributed by atoms with Crippen molar-refractivity contribution in [1.29, 1.82) is 0 Å². The number of hydrogen-bond acceptors (Lipinski definition) is 2. The van der Waals surface area contributed by atoms with Crippen molar-refractivity contribution in [3.05, 3.63) is 0 Å². The fourth-order valence-electron chi connectivity index (χ4n) is 1.42. The van der Waals surface area contributed by atoms with Crippen LogP contribution in [0.15, 0.2) is 0 Å². The number of rotatable bonds is 4. The van der Waals surface area contributed by atoms with Gasteiger partial charge in [-0.1, -0.05) is 13.8 Å². The van der Waals surface area contributed by atoms with E-state index in [0.717, 1.165) is 25.9 Å². The Balaban J connectivity index is 2.18. The minimum absolute atomic E-state index is 0.0660. The highest BCUT2D eigenvalue weighted by atomic mass is 16.5. The number of hydrogen-bond donors (Lipinski definition) is 0. The Labute approximate surface area is 74.3 Å². The van der Waals surface area contributed by atoms with Crippen LogP contribution in [0, 0.1) is 5.92 Å². The van der Waals surface area contributed by atoms with Gasteiger partial charge in [-0.25, -0.2) is 0 Å². The van der Waals surface area contributed by atoms with E-state index in [9.17, 15) is 4.79 Å². The molecule has 1 rings (SSSR count). The second-order valence-electron chi connectivity index (χ2n) is 3.90. The highest BCUT2D eigenvalue weighted by molar-refractivity contribution is 5.83. The molecule has 0 N–H and O–H groups in total. The molecule has 0 saturated carbocycles. The van der Waals surface area contributed by atoms with Gasteiger partial charge in [0.15, 0.2) is 5.78 Å². The van der Waals surface area contributed by atoms with Crippen molar-refractivity contribution in [2.24, 2.45) is 5.92 Å². The maximum atomic E-state index is 11.4. The Bertz CT molecular complexity index is 146. The van der Waals surface area contributed by atoms with Crippen LogP contribution in [-0.2, 0) is 9.53 Å². The van der Waals surface area contributed by atoms with E-state index in [1.54, 1.807) is 0 Å². The van der Waals surface area contributed by atoms with Crippen molar-refractivity contribution in [3.8, 4) is 0 Å². The van der Waals surface area contributed by atoms with Crippen LogP contribution in [0.25, 0.3) is 0 Å². The van der Waals surface area contributed by atoms with E-state index < -0.39 is 0 Å². The molecule has 1 aliphatic rings. The minimum atomic E-state index is -0.0660.